The second-order valence-corrected chi connectivity index (χ2v) is 18.1. The molecular formula is C37H46I4O5. The highest BCUT2D eigenvalue weighted by Crippen LogP contribution is 2.35. The van der Waals surface area contributed by atoms with Crippen LogP contribution in [0.2, 0.25) is 0 Å². The average molecular weight is 1080 g/mol. The van der Waals surface area contributed by atoms with E-state index >= 15 is 0 Å². The summed E-state index contributed by atoms with van der Waals surface area (Å²) in [7, 11) is 0. The van der Waals surface area contributed by atoms with E-state index in [1.54, 1.807) is 0 Å². The summed E-state index contributed by atoms with van der Waals surface area (Å²) in [6.45, 7) is 16.1. The van der Waals surface area contributed by atoms with Crippen molar-refractivity contribution in [3.63, 3.8) is 0 Å². The number of rotatable bonds is 16. The highest BCUT2D eigenvalue weighted by atomic mass is 127. The standard InChI is InChI=1S/C37H46I4O5/c1-36(2,3)27-19-29(38)34(30(39)20-27)44-17-9-7-8-11-33(42)46-24-26-14-12-25(13-15-26)23-43-16-10-18-45-35-31(40)21-28(22-32(35)41)37(4,5)6/h12-15,19-22H,7-11,16-18,23-24H2,1-6H3. The van der Waals surface area contributed by atoms with Gasteiger partial charge in [-0.25, -0.2) is 0 Å². The maximum absolute atomic E-state index is 12.3. The third-order valence-corrected chi connectivity index (χ3v) is 10.6. The van der Waals surface area contributed by atoms with E-state index in [1.165, 1.54) is 11.1 Å². The first-order valence-electron chi connectivity index (χ1n) is 15.7. The molecule has 0 saturated carbocycles. The van der Waals surface area contributed by atoms with Crippen molar-refractivity contribution >= 4 is 96.3 Å². The molecule has 3 aromatic rings. The van der Waals surface area contributed by atoms with E-state index in [0.717, 1.165) is 62.6 Å². The number of carbonyl (C=O) groups is 1. The zero-order valence-electron chi connectivity index (χ0n) is 27.7. The molecule has 3 rings (SSSR count). The van der Waals surface area contributed by atoms with Gasteiger partial charge in [0.05, 0.1) is 40.7 Å². The Balaban J connectivity index is 1.26. The van der Waals surface area contributed by atoms with E-state index in [9.17, 15) is 4.79 Å². The van der Waals surface area contributed by atoms with Crippen molar-refractivity contribution < 1.29 is 23.7 Å². The lowest BCUT2D eigenvalue weighted by Gasteiger charge is -2.21. The van der Waals surface area contributed by atoms with Crippen LogP contribution in [0.25, 0.3) is 0 Å². The summed E-state index contributed by atoms with van der Waals surface area (Å²) in [5.41, 5.74) is 4.92. The van der Waals surface area contributed by atoms with Crippen molar-refractivity contribution in [1.82, 2.24) is 0 Å². The lowest BCUT2D eigenvalue weighted by molar-refractivity contribution is -0.145. The summed E-state index contributed by atoms with van der Waals surface area (Å²) in [6, 6.07) is 16.9. The van der Waals surface area contributed by atoms with E-state index in [2.05, 4.69) is 156 Å². The highest BCUT2D eigenvalue weighted by Gasteiger charge is 2.19. The summed E-state index contributed by atoms with van der Waals surface area (Å²) in [4.78, 5) is 12.3. The lowest BCUT2D eigenvalue weighted by Crippen LogP contribution is -2.12. The number of unbranched alkanes of at least 4 members (excludes halogenated alkanes) is 2. The van der Waals surface area contributed by atoms with Gasteiger partial charge in [-0.15, -0.1) is 0 Å². The number of ether oxygens (including phenoxy) is 4. The molecule has 0 N–H and O–H groups in total. The third kappa shape index (κ3) is 13.5. The van der Waals surface area contributed by atoms with Crippen molar-refractivity contribution in [2.24, 2.45) is 0 Å². The molecular weight excluding hydrogens is 1030 g/mol. The van der Waals surface area contributed by atoms with Crippen LogP contribution in [0, 0.1) is 14.3 Å². The van der Waals surface area contributed by atoms with Gasteiger partial charge in [0.2, 0.25) is 0 Å². The van der Waals surface area contributed by atoms with Gasteiger partial charge in [0.15, 0.2) is 0 Å². The molecule has 0 heterocycles. The zero-order valence-corrected chi connectivity index (χ0v) is 36.4. The lowest BCUT2D eigenvalue weighted by atomic mass is 9.87. The molecule has 9 heteroatoms. The van der Waals surface area contributed by atoms with E-state index in [1.807, 2.05) is 24.3 Å². The summed E-state index contributed by atoms with van der Waals surface area (Å²) in [5, 5.41) is 0. The zero-order chi connectivity index (χ0) is 33.9. The fourth-order valence-electron chi connectivity index (χ4n) is 4.48. The van der Waals surface area contributed by atoms with Crippen molar-refractivity contribution in [1.29, 1.82) is 0 Å². The SMILES string of the molecule is CC(C)(C)c1cc(I)c(OCCCCCC(=O)OCc2ccc(COCCCOc3c(I)cc(C(C)(C)C)cc3I)cc2)c(I)c1. The first kappa shape index (κ1) is 40.0. The summed E-state index contributed by atoms with van der Waals surface area (Å²) in [6.07, 6.45) is 3.86. The Morgan fingerprint density at radius 1 is 0.587 bits per heavy atom. The van der Waals surface area contributed by atoms with Crippen LogP contribution >= 0.6 is 90.4 Å². The second-order valence-electron chi connectivity index (χ2n) is 13.4. The molecule has 3 aromatic carbocycles. The smallest absolute Gasteiger partial charge is 0.306 e. The molecule has 0 aromatic heterocycles. The average Bonchev–Trinajstić information content (AvgIpc) is 2.97. The van der Waals surface area contributed by atoms with E-state index in [-0.39, 0.29) is 23.4 Å². The molecule has 0 spiro atoms. The minimum absolute atomic E-state index is 0.112. The van der Waals surface area contributed by atoms with E-state index < -0.39 is 0 Å². The molecule has 0 bridgehead atoms. The molecule has 252 valence electrons. The van der Waals surface area contributed by atoms with Gasteiger partial charge in [0.1, 0.15) is 18.1 Å². The largest absolute Gasteiger partial charge is 0.491 e. The molecule has 46 heavy (non-hydrogen) atoms. The number of hydrogen-bond acceptors (Lipinski definition) is 5. The Morgan fingerprint density at radius 2 is 1.02 bits per heavy atom. The van der Waals surface area contributed by atoms with Crippen molar-refractivity contribution in [3.8, 4) is 11.5 Å². The first-order chi connectivity index (χ1) is 21.6. The van der Waals surface area contributed by atoms with Crippen LogP contribution < -0.4 is 9.47 Å². The van der Waals surface area contributed by atoms with Gasteiger partial charge < -0.3 is 18.9 Å². The van der Waals surface area contributed by atoms with E-state index in [0.29, 0.717) is 32.8 Å². The molecule has 0 aliphatic rings. The van der Waals surface area contributed by atoms with E-state index in [4.69, 9.17) is 18.9 Å². The third-order valence-electron chi connectivity index (χ3n) is 7.37. The van der Waals surface area contributed by atoms with Gasteiger partial charge >= 0.3 is 5.97 Å². The summed E-state index contributed by atoms with van der Waals surface area (Å²) >= 11 is 9.44. The van der Waals surface area contributed by atoms with Gasteiger partial charge in [-0.05, 0) is 167 Å². The topological polar surface area (TPSA) is 54.0 Å². The van der Waals surface area contributed by atoms with Crippen LogP contribution in [0.4, 0.5) is 0 Å². The first-order valence-corrected chi connectivity index (χ1v) is 20.0. The van der Waals surface area contributed by atoms with Crippen LogP contribution in [0.5, 0.6) is 11.5 Å². The van der Waals surface area contributed by atoms with Gasteiger partial charge in [-0.2, -0.15) is 0 Å². The van der Waals surface area contributed by atoms with Crippen molar-refractivity contribution in [2.45, 2.75) is 97.7 Å². The molecule has 0 amide bonds. The summed E-state index contributed by atoms with van der Waals surface area (Å²) in [5.74, 6) is 1.75. The van der Waals surface area contributed by atoms with Crippen molar-refractivity contribution in [2.75, 3.05) is 19.8 Å². The number of benzene rings is 3. The second kappa shape index (κ2) is 19.1. The van der Waals surface area contributed by atoms with Gasteiger partial charge in [0.25, 0.3) is 0 Å². The Morgan fingerprint density at radius 3 is 1.48 bits per heavy atom. The van der Waals surface area contributed by atoms with Gasteiger partial charge in [-0.3, -0.25) is 4.79 Å². The molecule has 0 aliphatic carbocycles. The highest BCUT2D eigenvalue weighted by molar-refractivity contribution is 14.1. The number of carbonyl (C=O) groups excluding carboxylic acids is 1. The fourth-order valence-corrected chi connectivity index (χ4v) is 8.64. The minimum atomic E-state index is -0.160. The van der Waals surface area contributed by atoms with Crippen LogP contribution in [0.3, 0.4) is 0 Å². The molecule has 0 unspecified atom stereocenters. The fraction of sp³-hybridized carbons (Fsp3) is 0.486. The maximum atomic E-state index is 12.3. The Hall–Kier alpha value is -0.390. The quantitative estimate of drug-likeness (QED) is 0.0813. The monoisotopic (exact) mass is 1080 g/mol. The maximum Gasteiger partial charge on any atom is 0.306 e. The van der Waals surface area contributed by atoms with Gasteiger partial charge in [0, 0.05) is 12.8 Å². The number of halogens is 4. The van der Waals surface area contributed by atoms with Gasteiger partial charge in [-0.1, -0.05) is 65.8 Å². The summed E-state index contributed by atoms with van der Waals surface area (Å²) < 4.78 is 28.1. The van der Waals surface area contributed by atoms with Crippen LogP contribution in [0.15, 0.2) is 48.5 Å². The molecule has 0 fully saturated rings. The van der Waals surface area contributed by atoms with Crippen LogP contribution in [-0.4, -0.2) is 25.8 Å². The Kier molecular flexibility index (Phi) is 16.6. The normalized spacial score (nSPS) is 11.9. The molecule has 0 radical (unpaired) electrons. The molecule has 0 saturated heterocycles. The number of esters is 1. The predicted octanol–water partition coefficient (Wildman–Crippen LogP) is 11.4. The van der Waals surface area contributed by atoms with Crippen molar-refractivity contribution in [3.05, 3.63) is 85.1 Å². The van der Waals surface area contributed by atoms with Crippen LogP contribution in [0.1, 0.15) is 95.9 Å². The Labute approximate surface area is 330 Å². The molecule has 5 nitrogen and oxygen atoms in total. The number of hydrogen-bond donors (Lipinski definition) is 0. The predicted molar refractivity (Wildman–Crippen MR) is 221 cm³/mol. The molecule has 0 aliphatic heterocycles. The Bertz CT molecular complexity index is 1380. The van der Waals surface area contributed by atoms with Crippen LogP contribution in [-0.2, 0) is 38.3 Å². The molecule has 0 atom stereocenters. The minimum Gasteiger partial charge on any atom is -0.491 e.